The highest BCUT2D eigenvalue weighted by Gasteiger charge is 2.42. The first-order chi connectivity index (χ1) is 20.4. The van der Waals surface area contributed by atoms with Gasteiger partial charge in [0.05, 0.1) is 11.1 Å². The number of halogens is 4. The van der Waals surface area contributed by atoms with E-state index >= 15 is 0 Å². The molecule has 0 spiro atoms. The third-order valence-corrected chi connectivity index (χ3v) is 8.47. The Hall–Kier alpha value is -3.98. The third-order valence-electron chi connectivity index (χ3n) is 7.53. The number of hydrogen-bond acceptors (Lipinski definition) is 8. The number of benzene rings is 2. The van der Waals surface area contributed by atoms with E-state index in [4.69, 9.17) is 0 Å². The van der Waals surface area contributed by atoms with Gasteiger partial charge in [-0.1, -0.05) is 12.1 Å². The summed E-state index contributed by atoms with van der Waals surface area (Å²) in [7, 11) is 0. The number of nitrogens with zero attached hydrogens (tertiary/aromatic N) is 4. The molecule has 0 bridgehead atoms. The Morgan fingerprint density at radius 1 is 1.07 bits per heavy atom. The lowest BCUT2D eigenvalue weighted by atomic mass is 9.93. The normalized spacial score (nSPS) is 18.0. The highest BCUT2D eigenvalue weighted by atomic mass is 32.2. The summed E-state index contributed by atoms with van der Waals surface area (Å²) in [6.07, 6.45) is -1.63. The molecule has 0 aliphatic carbocycles. The SMILES string of the molecule is CC1=C(C(=O)Nc2ccc3cnccc3c2)C(c2ccc(C(F)(F)F)c(F)c2)n2nc(C(O)(O)N3CCSCC3)cc2N1. The van der Waals surface area contributed by atoms with Crippen molar-refractivity contribution >= 4 is 39.9 Å². The van der Waals surface area contributed by atoms with Crippen molar-refractivity contribution in [2.24, 2.45) is 0 Å². The molecule has 0 saturated carbocycles. The summed E-state index contributed by atoms with van der Waals surface area (Å²) >= 11 is 1.67. The molecule has 43 heavy (non-hydrogen) atoms. The lowest BCUT2D eigenvalue weighted by Gasteiger charge is -2.36. The van der Waals surface area contributed by atoms with E-state index in [0.29, 0.717) is 42.0 Å². The van der Waals surface area contributed by atoms with Gasteiger partial charge in [0.1, 0.15) is 23.4 Å². The van der Waals surface area contributed by atoms with Crippen molar-refractivity contribution in [3.05, 3.63) is 94.8 Å². The number of thioether (sulfide) groups is 1. The van der Waals surface area contributed by atoms with Crippen LogP contribution in [0.1, 0.15) is 29.8 Å². The van der Waals surface area contributed by atoms with Crippen LogP contribution in [-0.4, -0.2) is 60.4 Å². The highest BCUT2D eigenvalue weighted by Crippen LogP contribution is 2.40. The first-order valence-corrected chi connectivity index (χ1v) is 14.5. The van der Waals surface area contributed by atoms with Crippen LogP contribution < -0.4 is 10.6 Å². The molecule has 1 saturated heterocycles. The molecule has 0 radical (unpaired) electrons. The number of pyridine rings is 1. The van der Waals surface area contributed by atoms with Gasteiger partial charge in [0.25, 0.3) is 11.8 Å². The molecule has 1 fully saturated rings. The molecule has 1 atom stereocenters. The molecule has 4 heterocycles. The molecule has 6 rings (SSSR count). The number of nitrogens with one attached hydrogen (secondary N) is 2. The van der Waals surface area contributed by atoms with Crippen LogP contribution in [0, 0.1) is 5.82 Å². The number of alkyl halides is 3. The van der Waals surface area contributed by atoms with Gasteiger partial charge in [0, 0.05) is 59.8 Å². The zero-order valence-corrected chi connectivity index (χ0v) is 23.5. The van der Waals surface area contributed by atoms with Gasteiger partial charge < -0.3 is 20.8 Å². The van der Waals surface area contributed by atoms with Gasteiger partial charge in [0.2, 0.25) is 0 Å². The van der Waals surface area contributed by atoms with Crippen molar-refractivity contribution in [1.29, 1.82) is 0 Å². The van der Waals surface area contributed by atoms with Crippen LogP contribution in [0.25, 0.3) is 10.8 Å². The lowest BCUT2D eigenvalue weighted by Crippen LogP contribution is -2.50. The number of hydrogen-bond donors (Lipinski definition) is 4. The van der Waals surface area contributed by atoms with Gasteiger partial charge in [-0.25, -0.2) is 14.0 Å². The number of carbonyl (C=O) groups is 1. The molecule has 2 aliphatic heterocycles. The van der Waals surface area contributed by atoms with Gasteiger partial charge in [-0.15, -0.1) is 0 Å². The van der Waals surface area contributed by atoms with Crippen LogP contribution in [0.2, 0.25) is 0 Å². The van der Waals surface area contributed by atoms with Gasteiger partial charge >= 0.3 is 6.18 Å². The van der Waals surface area contributed by atoms with Gasteiger partial charge in [-0.05, 0) is 48.2 Å². The van der Waals surface area contributed by atoms with Crippen molar-refractivity contribution in [3.8, 4) is 0 Å². The highest BCUT2D eigenvalue weighted by molar-refractivity contribution is 7.99. The van der Waals surface area contributed by atoms with Crippen LogP contribution in [0.5, 0.6) is 0 Å². The molecule has 14 heteroatoms. The van der Waals surface area contributed by atoms with Crippen molar-refractivity contribution in [2.45, 2.75) is 25.1 Å². The summed E-state index contributed by atoms with van der Waals surface area (Å²) in [5.74, 6) is -2.98. The zero-order valence-electron chi connectivity index (χ0n) is 22.7. The van der Waals surface area contributed by atoms with Crippen molar-refractivity contribution < 1.29 is 32.6 Å². The molecule has 1 unspecified atom stereocenters. The Morgan fingerprint density at radius 3 is 2.56 bits per heavy atom. The fourth-order valence-electron chi connectivity index (χ4n) is 5.37. The Bertz CT molecular complexity index is 1750. The van der Waals surface area contributed by atoms with Gasteiger partial charge in [-0.3, -0.25) is 9.78 Å². The van der Waals surface area contributed by atoms with E-state index in [9.17, 15) is 32.6 Å². The maximum Gasteiger partial charge on any atom is 0.419 e. The van der Waals surface area contributed by atoms with E-state index < -0.39 is 35.4 Å². The number of rotatable bonds is 5. The smallest absolute Gasteiger partial charge is 0.348 e. The van der Waals surface area contributed by atoms with Crippen LogP contribution in [0.3, 0.4) is 0 Å². The van der Waals surface area contributed by atoms with Gasteiger partial charge in [-0.2, -0.15) is 30.0 Å². The third kappa shape index (κ3) is 5.46. The van der Waals surface area contributed by atoms with Crippen molar-refractivity contribution in [3.63, 3.8) is 0 Å². The number of amides is 1. The number of carbonyl (C=O) groups excluding carboxylic acids is 1. The standard InChI is InChI=1S/C29H26F4N6O3S/c1-16-25(27(40)36-20-4-2-19-15-34-7-6-17(19)12-20)26(18-3-5-21(22(30)13-18)28(31,32)33)39-24(35-16)14-23(37-39)29(41,42)38-8-10-43-11-9-38/h2-7,12-15,26,35,41-42H,8-11H2,1H3,(H,36,40). The number of aromatic nitrogens is 3. The quantitative estimate of drug-likeness (QED) is 0.190. The molecule has 9 nitrogen and oxygen atoms in total. The predicted octanol–water partition coefficient (Wildman–Crippen LogP) is 4.66. The van der Waals surface area contributed by atoms with E-state index in [-0.39, 0.29) is 22.6 Å². The second-order valence-corrected chi connectivity index (χ2v) is 11.5. The number of fused-ring (bicyclic) bond motifs is 2. The molecule has 2 aromatic heterocycles. The Morgan fingerprint density at radius 2 is 1.84 bits per heavy atom. The summed E-state index contributed by atoms with van der Waals surface area (Å²) < 4.78 is 56.3. The molecule has 4 aromatic rings. The fourth-order valence-corrected chi connectivity index (χ4v) is 6.27. The fraction of sp³-hybridized carbons (Fsp3) is 0.276. The number of anilines is 2. The summed E-state index contributed by atoms with van der Waals surface area (Å²) in [5.41, 5.74) is -0.781. The molecular formula is C29H26F4N6O3S. The minimum atomic E-state index is -4.92. The van der Waals surface area contributed by atoms with Crippen molar-refractivity contribution in [1.82, 2.24) is 19.7 Å². The summed E-state index contributed by atoms with van der Waals surface area (Å²) in [4.78, 5) is 19.4. The van der Waals surface area contributed by atoms with Crippen LogP contribution in [-0.2, 0) is 16.9 Å². The number of allylic oxidation sites excluding steroid dienone is 1. The Kier molecular flexibility index (Phi) is 7.40. The van der Waals surface area contributed by atoms with E-state index in [2.05, 4.69) is 20.7 Å². The maximum atomic E-state index is 14.9. The van der Waals surface area contributed by atoms with E-state index in [1.807, 2.05) is 0 Å². The van der Waals surface area contributed by atoms with Crippen LogP contribution in [0.15, 0.2) is 72.2 Å². The number of aliphatic hydroxyl groups is 2. The van der Waals surface area contributed by atoms with E-state index in [0.717, 1.165) is 22.9 Å². The second-order valence-electron chi connectivity index (χ2n) is 10.3. The minimum absolute atomic E-state index is 0.00726. The van der Waals surface area contributed by atoms with E-state index in [1.165, 1.54) is 15.6 Å². The monoisotopic (exact) mass is 614 g/mol. The second kappa shape index (κ2) is 10.9. The molecule has 2 aliphatic rings. The molecule has 4 N–H and O–H groups in total. The van der Waals surface area contributed by atoms with Gasteiger partial charge in [0.15, 0.2) is 0 Å². The summed E-state index contributed by atoms with van der Waals surface area (Å²) in [6, 6.07) is 9.59. The first kappa shape index (κ1) is 29.1. The van der Waals surface area contributed by atoms with Crippen LogP contribution in [0.4, 0.5) is 29.1 Å². The molecule has 1 amide bonds. The first-order valence-electron chi connectivity index (χ1n) is 13.3. The Labute approximate surface area is 247 Å². The largest absolute Gasteiger partial charge is 0.419 e. The summed E-state index contributed by atoms with van der Waals surface area (Å²) in [5, 5.41) is 34.1. The lowest BCUT2D eigenvalue weighted by molar-refractivity contribution is -0.275. The van der Waals surface area contributed by atoms with E-state index in [1.54, 1.807) is 55.3 Å². The topological polar surface area (TPSA) is 116 Å². The minimum Gasteiger partial charge on any atom is -0.348 e. The zero-order chi connectivity index (χ0) is 30.5. The predicted molar refractivity (Wildman–Crippen MR) is 153 cm³/mol. The molecular weight excluding hydrogens is 588 g/mol. The van der Waals surface area contributed by atoms with Crippen molar-refractivity contribution in [2.75, 3.05) is 35.2 Å². The average molecular weight is 615 g/mol. The molecule has 2 aromatic carbocycles. The molecule has 224 valence electrons. The van der Waals surface area contributed by atoms with Crippen LogP contribution >= 0.6 is 11.8 Å². The average Bonchev–Trinajstić information content (AvgIpc) is 3.40. The maximum absolute atomic E-state index is 14.9. The Balaban J connectivity index is 1.43. The summed E-state index contributed by atoms with van der Waals surface area (Å²) in [6.45, 7) is 2.36.